The maximum Gasteiger partial charge on any atom is 0.318 e. The largest absolute Gasteiger partial charge is 0.383 e. The molecule has 2 rings (SSSR count). The van der Waals surface area contributed by atoms with E-state index in [0.717, 1.165) is 12.8 Å². The standard InChI is InChI=1S/C22H35N5O3/c1-6-7-12-23-22(29)26(14-13-25(3)4)17(2)20-24-19-11-9-8-10-18(19)21(28)27(20)15-16-30-5/h8-11,17H,6-7,12-16H2,1-5H3,(H,23,29). The number of aromatic nitrogens is 2. The first-order valence-electron chi connectivity index (χ1n) is 10.6. The predicted molar refractivity (Wildman–Crippen MR) is 120 cm³/mol. The van der Waals surface area contributed by atoms with Crippen molar-refractivity contribution in [2.45, 2.75) is 39.3 Å². The second-order valence-corrected chi connectivity index (χ2v) is 7.69. The number of ether oxygens (including phenoxy) is 1. The third-order valence-electron chi connectivity index (χ3n) is 5.11. The summed E-state index contributed by atoms with van der Waals surface area (Å²) in [5, 5.41) is 3.57. The Morgan fingerprint density at radius 2 is 2.00 bits per heavy atom. The first-order chi connectivity index (χ1) is 14.4. The molecule has 8 nitrogen and oxygen atoms in total. The summed E-state index contributed by atoms with van der Waals surface area (Å²) in [6.07, 6.45) is 1.94. The number of para-hydroxylation sites is 1. The molecule has 30 heavy (non-hydrogen) atoms. The number of likely N-dealkylation sites (N-methyl/N-ethyl adjacent to an activating group) is 1. The highest BCUT2D eigenvalue weighted by atomic mass is 16.5. The minimum absolute atomic E-state index is 0.113. The van der Waals surface area contributed by atoms with Crippen LogP contribution in [0.1, 0.15) is 38.6 Å². The fourth-order valence-corrected chi connectivity index (χ4v) is 3.29. The third kappa shape index (κ3) is 6.03. The number of hydrogen-bond acceptors (Lipinski definition) is 5. The van der Waals surface area contributed by atoms with Gasteiger partial charge >= 0.3 is 6.03 Å². The van der Waals surface area contributed by atoms with Crippen molar-refractivity contribution in [1.29, 1.82) is 0 Å². The van der Waals surface area contributed by atoms with E-state index >= 15 is 0 Å². The van der Waals surface area contributed by atoms with Gasteiger partial charge in [-0.15, -0.1) is 0 Å². The SMILES string of the molecule is CCCCNC(=O)N(CCN(C)C)C(C)c1nc2ccccc2c(=O)n1CCOC. The van der Waals surface area contributed by atoms with Crippen molar-refractivity contribution in [3.05, 3.63) is 40.4 Å². The summed E-state index contributed by atoms with van der Waals surface area (Å²) in [4.78, 5) is 34.7. The first-order valence-corrected chi connectivity index (χ1v) is 10.6. The summed E-state index contributed by atoms with van der Waals surface area (Å²) in [5.74, 6) is 0.570. The Labute approximate surface area is 178 Å². The molecule has 0 fully saturated rings. The van der Waals surface area contributed by atoms with E-state index in [4.69, 9.17) is 9.72 Å². The maximum absolute atomic E-state index is 13.2. The highest BCUT2D eigenvalue weighted by Crippen LogP contribution is 2.20. The third-order valence-corrected chi connectivity index (χ3v) is 5.11. The Morgan fingerprint density at radius 3 is 2.67 bits per heavy atom. The second-order valence-electron chi connectivity index (χ2n) is 7.69. The van der Waals surface area contributed by atoms with Gasteiger partial charge in [0.15, 0.2) is 0 Å². The average molecular weight is 418 g/mol. The summed E-state index contributed by atoms with van der Waals surface area (Å²) in [6.45, 7) is 6.65. The van der Waals surface area contributed by atoms with Crippen molar-refractivity contribution >= 4 is 16.9 Å². The number of unbranched alkanes of at least 4 members (excludes halogenated alkanes) is 1. The molecule has 1 aromatic heterocycles. The monoisotopic (exact) mass is 417 g/mol. The molecule has 0 saturated carbocycles. The van der Waals surface area contributed by atoms with Gasteiger partial charge in [-0.25, -0.2) is 9.78 Å². The van der Waals surface area contributed by atoms with Gasteiger partial charge in [0.25, 0.3) is 5.56 Å². The summed E-state index contributed by atoms with van der Waals surface area (Å²) < 4.78 is 6.85. The molecule has 0 aliphatic rings. The lowest BCUT2D eigenvalue weighted by atomic mass is 10.2. The second kappa shape index (κ2) is 11.7. The van der Waals surface area contributed by atoms with Crippen LogP contribution in [0.3, 0.4) is 0 Å². The normalized spacial score (nSPS) is 12.3. The number of carbonyl (C=O) groups excluding carboxylic acids is 1. The van der Waals surface area contributed by atoms with Gasteiger partial charge in [0.2, 0.25) is 0 Å². The Balaban J connectivity index is 2.46. The van der Waals surface area contributed by atoms with Crippen molar-refractivity contribution in [2.75, 3.05) is 47.4 Å². The van der Waals surface area contributed by atoms with Crippen LogP contribution in [0.4, 0.5) is 4.79 Å². The van der Waals surface area contributed by atoms with Gasteiger partial charge in [0.1, 0.15) is 5.82 Å². The molecule has 1 unspecified atom stereocenters. The zero-order chi connectivity index (χ0) is 22.1. The van der Waals surface area contributed by atoms with E-state index in [-0.39, 0.29) is 17.6 Å². The van der Waals surface area contributed by atoms with Crippen molar-refractivity contribution in [2.24, 2.45) is 0 Å². The number of fused-ring (bicyclic) bond motifs is 1. The van der Waals surface area contributed by atoms with E-state index in [0.29, 0.717) is 49.5 Å². The van der Waals surface area contributed by atoms with Gasteiger partial charge in [0, 0.05) is 26.7 Å². The van der Waals surface area contributed by atoms with Crippen molar-refractivity contribution in [1.82, 2.24) is 24.7 Å². The highest BCUT2D eigenvalue weighted by Gasteiger charge is 2.26. The molecule has 0 saturated heterocycles. The molecule has 0 aliphatic heterocycles. The number of nitrogens with one attached hydrogen (secondary N) is 1. The first kappa shape index (κ1) is 23.8. The number of urea groups is 1. The Hall–Kier alpha value is -2.45. The Morgan fingerprint density at radius 1 is 1.27 bits per heavy atom. The number of methoxy groups -OCH3 is 1. The number of benzene rings is 1. The van der Waals surface area contributed by atoms with Crippen LogP contribution in [0.5, 0.6) is 0 Å². The van der Waals surface area contributed by atoms with Gasteiger partial charge in [-0.1, -0.05) is 25.5 Å². The molecule has 2 aromatic rings. The molecular weight excluding hydrogens is 382 g/mol. The van der Waals surface area contributed by atoms with Crippen molar-refractivity contribution < 1.29 is 9.53 Å². The summed E-state index contributed by atoms with van der Waals surface area (Å²) >= 11 is 0. The van der Waals surface area contributed by atoms with E-state index < -0.39 is 0 Å². The molecule has 0 bridgehead atoms. The van der Waals surface area contributed by atoms with Crippen LogP contribution in [0, 0.1) is 0 Å². The van der Waals surface area contributed by atoms with Gasteiger partial charge in [0.05, 0.1) is 30.1 Å². The fraction of sp³-hybridized carbons (Fsp3) is 0.591. The zero-order valence-electron chi connectivity index (χ0n) is 18.9. The summed E-state index contributed by atoms with van der Waals surface area (Å²) in [7, 11) is 5.55. The molecule has 166 valence electrons. The highest BCUT2D eigenvalue weighted by molar-refractivity contribution is 5.78. The lowest BCUT2D eigenvalue weighted by Crippen LogP contribution is -2.46. The molecule has 1 N–H and O–H groups in total. The van der Waals surface area contributed by atoms with Crippen LogP contribution in [-0.4, -0.2) is 72.8 Å². The quantitative estimate of drug-likeness (QED) is 0.568. The van der Waals surface area contributed by atoms with Crippen LogP contribution in [0.15, 0.2) is 29.1 Å². The Bertz CT molecular complexity index is 881. The number of rotatable bonds is 11. The number of hydrogen-bond donors (Lipinski definition) is 1. The van der Waals surface area contributed by atoms with Crippen molar-refractivity contribution in [3.63, 3.8) is 0 Å². The molecule has 8 heteroatoms. The average Bonchev–Trinajstić information content (AvgIpc) is 2.73. The van der Waals surface area contributed by atoms with Crippen LogP contribution in [-0.2, 0) is 11.3 Å². The van der Waals surface area contributed by atoms with Crippen LogP contribution < -0.4 is 10.9 Å². The molecular formula is C22H35N5O3. The molecule has 0 radical (unpaired) electrons. The minimum atomic E-state index is -0.374. The molecule has 1 aromatic carbocycles. The van der Waals surface area contributed by atoms with E-state index in [2.05, 4.69) is 12.2 Å². The van der Waals surface area contributed by atoms with Gasteiger partial charge < -0.3 is 19.9 Å². The Kier molecular flexibility index (Phi) is 9.26. The minimum Gasteiger partial charge on any atom is -0.383 e. The topological polar surface area (TPSA) is 79.7 Å². The van der Waals surface area contributed by atoms with E-state index in [1.54, 1.807) is 22.6 Å². The number of carbonyl (C=O) groups is 1. The van der Waals surface area contributed by atoms with E-state index in [9.17, 15) is 9.59 Å². The lowest BCUT2D eigenvalue weighted by Gasteiger charge is -2.31. The van der Waals surface area contributed by atoms with Gasteiger partial charge in [-0.05, 0) is 39.6 Å². The summed E-state index contributed by atoms with van der Waals surface area (Å²) in [6, 6.07) is 6.80. The zero-order valence-corrected chi connectivity index (χ0v) is 18.9. The van der Waals surface area contributed by atoms with E-state index in [1.165, 1.54) is 0 Å². The molecule has 1 atom stereocenters. The van der Waals surface area contributed by atoms with E-state index in [1.807, 2.05) is 44.1 Å². The van der Waals surface area contributed by atoms with Crippen LogP contribution in [0.2, 0.25) is 0 Å². The fourth-order valence-electron chi connectivity index (χ4n) is 3.29. The predicted octanol–water partition coefficient (Wildman–Crippen LogP) is 2.48. The lowest BCUT2D eigenvalue weighted by molar-refractivity contribution is 0.162. The van der Waals surface area contributed by atoms with Crippen LogP contribution in [0.25, 0.3) is 10.9 Å². The molecule has 1 heterocycles. The van der Waals surface area contributed by atoms with Crippen molar-refractivity contribution in [3.8, 4) is 0 Å². The molecule has 2 amide bonds. The maximum atomic E-state index is 13.2. The van der Waals surface area contributed by atoms with Gasteiger partial charge in [-0.2, -0.15) is 0 Å². The number of amides is 2. The smallest absolute Gasteiger partial charge is 0.318 e. The summed E-state index contributed by atoms with van der Waals surface area (Å²) in [5.41, 5.74) is 0.524. The van der Waals surface area contributed by atoms with Crippen LogP contribution >= 0.6 is 0 Å². The van der Waals surface area contributed by atoms with Gasteiger partial charge in [-0.3, -0.25) is 9.36 Å². The molecule has 0 spiro atoms. The molecule has 0 aliphatic carbocycles. The number of nitrogens with zero attached hydrogens (tertiary/aromatic N) is 4.